The first-order chi connectivity index (χ1) is 7.39. The molecule has 0 atom stereocenters. The molecule has 0 spiro atoms. The molecule has 4 nitrogen and oxygen atoms in total. The highest BCUT2D eigenvalue weighted by Gasteiger charge is 2.27. The lowest BCUT2D eigenvalue weighted by Crippen LogP contribution is -2.38. The Bertz CT molecular complexity index is 297. The molecule has 1 rings (SSSR count). The third kappa shape index (κ3) is 4.47. The van der Waals surface area contributed by atoms with Gasteiger partial charge in [-0.25, -0.2) is 4.79 Å². The smallest absolute Gasteiger partial charge is 0.328 e. The van der Waals surface area contributed by atoms with Crippen LogP contribution in [0, 0.1) is 5.41 Å². The quantitative estimate of drug-likeness (QED) is 0.718. The topological polar surface area (TPSA) is 66.4 Å². The standard InChI is InChI=1S/C12H19NO3/c1-12(2)7-5-9(6-8-12)13-10(14)3-4-11(15)16/h3-4,9H,5-8H2,1-2H3,(H,13,14)(H,15,16). The van der Waals surface area contributed by atoms with Crippen LogP contribution in [0.4, 0.5) is 0 Å². The monoisotopic (exact) mass is 225 g/mol. The summed E-state index contributed by atoms with van der Waals surface area (Å²) in [5.41, 5.74) is 0.373. The molecule has 1 aliphatic rings. The third-order valence-corrected chi connectivity index (χ3v) is 3.06. The van der Waals surface area contributed by atoms with Gasteiger partial charge in [0.15, 0.2) is 0 Å². The van der Waals surface area contributed by atoms with Crippen LogP contribution < -0.4 is 5.32 Å². The number of amides is 1. The van der Waals surface area contributed by atoms with Crippen molar-refractivity contribution in [2.45, 2.75) is 45.6 Å². The third-order valence-electron chi connectivity index (χ3n) is 3.06. The maximum Gasteiger partial charge on any atom is 0.328 e. The van der Waals surface area contributed by atoms with Gasteiger partial charge in [0.2, 0.25) is 5.91 Å². The number of carbonyl (C=O) groups is 2. The lowest BCUT2D eigenvalue weighted by molar-refractivity contribution is -0.131. The minimum atomic E-state index is -1.10. The normalized spacial score (nSPS) is 20.9. The zero-order valence-electron chi connectivity index (χ0n) is 9.82. The van der Waals surface area contributed by atoms with Gasteiger partial charge in [-0.05, 0) is 31.1 Å². The summed E-state index contributed by atoms with van der Waals surface area (Å²) in [6.45, 7) is 4.46. The van der Waals surface area contributed by atoms with Gasteiger partial charge in [0.05, 0.1) is 0 Å². The number of carbonyl (C=O) groups excluding carboxylic acids is 1. The molecule has 0 saturated heterocycles. The van der Waals surface area contributed by atoms with Crippen LogP contribution in [-0.4, -0.2) is 23.0 Å². The van der Waals surface area contributed by atoms with Crippen molar-refractivity contribution in [2.75, 3.05) is 0 Å². The molecule has 90 valence electrons. The van der Waals surface area contributed by atoms with Crippen LogP contribution in [0.1, 0.15) is 39.5 Å². The molecular formula is C12H19NO3. The van der Waals surface area contributed by atoms with E-state index >= 15 is 0 Å². The minimum Gasteiger partial charge on any atom is -0.478 e. The maximum absolute atomic E-state index is 11.3. The minimum absolute atomic E-state index is 0.193. The number of carboxylic acid groups (broad SMARTS) is 1. The van der Waals surface area contributed by atoms with Gasteiger partial charge in [-0.2, -0.15) is 0 Å². The number of aliphatic carboxylic acids is 1. The van der Waals surface area contributed by atoms with E-state index in [4.69, 9.17) is 5.11 Å². The highest BCUT2D eigenvalue weighted by molar-refractivity contribution is 5.93. The number of hydrogen-bond acceptors (Lipinski definition) is 2. The van der Waals surface area contributed by atoms with Gasteiger partial charge < -0.3 is 10.4 Å². The van der Waals surface area contributed by atoms with Crippen LogP contribution >= 0.6 is 0 Å². The number of hydrogen-bond donors (Lipinski definition) is 2. The van der Waals surface area contributed by atoms with Gasteiger partial charge in [0.1, 0.15) is 0 Å². The van der Waals surface area contributed by atoms with Gasteiger partial charge in [0.25, 0.3) is 0 Å². The van der Waals surface area contributed by atoms with Crippen LogP contribution in [-0.2, 0) is 9.59 Å². The zero-order valence-corrected chi connectivity index (χ0v) is 9.82. The molecule has 0 aromatic rings. The molecule has 4 heteroatoms. The summed E-state index contributed by atoms with van der Waals surface area (Å²) in [5, 5.41) is 11.2. The zero-order chi connectivity index (χ0) is 12.2. The van der Waals surface area contributed by atoms with E-state index in [0.29, 0.717) is 5.41 Å². The number of rotatable bonds is 3. The van der Waals surface area contributed by atoms with E-state index in [1.54, 1.807) is 0 Å². The fourth-order valence-corrected chi connectivity index (χ4v) is 1.94. The second-order valence-electron chi connectivity index (χ2n) is 5.12. The molecule has 1 aliphatic carbocycles. The molecule has 0 unspecified atom stereocenters. The molecule has 1 saturated carbocycles. The number of nitrogens with one attached hydrogen (secondary N) is 1. The SMILES string of the molecule is CC1(C)CCC(NC(=O)C=CC(=O)O)CC1. The fourth-order valence-electron chi connectivity index (χ4n) is 1.94. The van der Waals surface area contributed by atoms with Crippen molar-refractivity contribution in [3.8, 4) is 0 Å². The molecule has 0 heterocycles. The van der Waals surface area contributed by atoms with Crippen LogP contribution in [0.2, 0.25) is 0 Å². The van der Waals surface area contributed by atoms with Crippen molar-refractivity contribution < 1.29 is 14.7 Å². The van der Waals surface area contributed by atoms with Crippen molar-refractivity contribution in [3.63, 3.8) is 0 Å². The van der Waals surface area contributed by atoms with Crippen molar-refractivity contribution in [3.05, 3.63) is 12.2 Å². The molecule has 0 aromatic carbocycles. The first kappa shape index (κ1) is 12.7. The summed E-state index contributed by atoms with van der Waals surface area (Å²) in [6, 6.07) is 0.193. The first-order valence-electron chi connectivity index (χ1n) is 5.60. The maximum atomic E-state index is 11.3. The van der Waals surface area contributed by atoms with Crippen LogP contribution in [0.3, 0.4) is 0 Å². The summed E-state index contributed by atoms with van der Waals surface area (Å²) >= 11 is 0. The lowest BCUT2D eigenvalue weighted by Gasteiger charge is -2.34. The largest absolute Gasteiger partial charge is 0.478 e. The second kappa shape index (κ2) is 5.14. The molecule has 0 aliphatic heterocycles. The predicted molar refractivity (Wildman–Crippen MR) is 61.0 cm³/mol. The van der Waals surface area contributed by atoms with Crippen molar-refractivity contribution in [1.29, 1.82) is 0 Å². The van der Waals surface area contributed by atoms with Crippen molar-refractivity contribution >= 4 is 11.9 Å². The van der Waals surface area contributed by atoms with Crippen molar-refractivity contribution in [2.24, 2.45) is 5.41 Å². The molecule has 2 N–H and O–H groups in total. The summed E-state index contributed by atoms with van der Waals surface area (Å²) in [6.07, 6.45) is 6.07. The Kier molecular flexibility index (Phi) is 4.10. The molecule has 1 fully saturated rings. The summed E-state index contributed by atoms with van der Waals surface area (Å²) in [5.74, 6) is -1.41. The average Bonchev–Trinajstić information content (AvgIpc) is 2.18. The Hall–Kier alpha value is -1.32. The van der Waals surface area contributed by atoms with E-state index < -0.39 is 5.97 Å². The van der Waals surface area contributed by atoms with Gasteiger partial charge in [-0.1, -0.05) is 13.8 Å². The molecule has 16 heavy (non-hydrogen) atoms. The molecular weight excluding hydrogens is 206 g/mol. The highest BCUT2D eigenvalue weighted by Crippen LogP contribution is 2.34. The Morgan fingerprint density at radius 1 is 1.25 bits per heavy atom. The molecule has 0 radical (unpaired) electrons. The van der Waals surface area contributed by atoms with Gasteiger partial charge >= 0.3 is 5.97 Å². The van der Waals surface area contributed by atoms with Gasteiger partial charge in [-0.15, -0.1) is 0 Å². The van der Waals surface area contributed by atoms with E-state index in [9.17, 15) is 9.59 Å². The Balaban J connectivity index is 2.34. The summed E-state index contributed by atoms with van der Waals surface area (Å²) in [4.78, 5) is 21.5. The van der Waals surface area contributed by atoms with Crippen LogP contribution in [0.25, 0.3) is 0 Å². The molecule has 0 aromatic heterocycles. The van der Waals surface area contributed by atoms with E-state index in [2.05, 4.69) is 19.2 Å². The van der Waals surface area contributed by atoms with Crippen LogP contribution in [0.15, 0.2) is 12.2 Å². The number of carboxylic acids is 1. The second-order valence-corrected chi connectivity index (χ2v) is 5.12. The molecule has 0 bridgehead atoms. The van der Waals surface area contributed by atoms with Gasteiger partial charge in [-0.3, -0.25) is 4.79 Å². The highest BCUT2D eigenvalue weighted by atomic mass is 16.4. The lowest BCUT2D eigenvalue weighted by atomic mass is 9.75. The van der Waals surface area contributed by atoms with Crippen molar-refractivity contribution in [1.82, 2.24) is 5.32 Å². The van der Waals surface area contributed by atoms with Crippen LogP contribution in [0.5, 0.6) is 0 Å². The van der Waals surface area contributed by atoms with E-state index in [-0.39, 0.29) is 11.9 Å². The van der Waals surface area contributed by atoms with E-state index in [1.165, 1.54) is 0 Å². The van der Waals surface area contributed by atoms with E-state index in [0.717, 1.165) is 37.8 Å². The van der Waals surface area contributed by atoms with Gasteiger partial charge in [0, 0.05) is 18.2 Å². The average molecular weight is 225 g/mol. The Labute approximate surface area is 95.7 Å². The predicted octanol–water partition coefficient (Wildman–Crippen LogP) is 1.71. The Morgan fingerprint density at radius 3 is 2.31 bits per heavy atom. The first-order valence-corrected chi connectivity index (χ1v) is 5.60. The summed E-state index contributed by atoms with van der Waals surface area (Å²) < 4.78 is 0. The summed E-state index contributed by atoms with van der Waals surface area (Å²) in [7, 11) is 0. The van der Waals surface area contributed by atoms with E-state index in [1.807, 2.05) is 0 Å². The molecule has 1 amide bonds. The fraction of sp³-hybridized carbons (Fsp3) is 0.667. The Morgan fingerprint density at radius 2 is 1.81 bits per heavy atom.